The molecule has 142 valence electrons. The molecule has 1 amide bonds. The molecule has 0 N–H and O–H groups in total. The first-order valence-electron chi connectivity index (χ1n) is 8.66. The molecule has 0 heterocycles. The van der Waals surface area contributed by atoms with E-state index in [1.165, 1.54) is 11.0 Å². The average molecular weight is 377 g/mol. The fourth-order valence-corrected chi connectivity index (χ4v) is 2.34. The lowest BCUT2D eigenvalue weighted by molar-refractivity contribution is -0.134. The first-order valence-corrected chi connectivity index (χ1v) is 8.66. The highest BCUT2D eigenvalue weighted by atomic mass is 16.5. The zero-order chi connectivity index (χ0) is 20.2. The van der Waals surface area contributed by atoms with Crippen LogP contribution >= 0.6 is 0 Å². The number of hydrogen-bond donors (Lipinski definition) is 0. The second-order valence-electron chi connectivity index (χ2n) is 5.72. The predicted molar refractivity (Wildman–Crippen MR) is 100 cm³/mol. The second kappa shape index (κ2) is 11.0. The number of nitrogens with zero attached hydrogens (tertiary/aromatic N) is 3. The zero-order valence-corrected chi connectivity index (χ0v) is 15.2. The van der Waals surface area contributed by atoms with Crippen LogP contribution in [0.4, 0.5) is 0 Å². The Morgan fingerprint density at radius 2 is 1.54 bits per heavy atom. The van der Waals surface area contributed by atoms with Gasteiger partial charge in [0.15, 0.2) is 6.61 Å². The Labute approximate surface area is 163 Å². The van der Waals surface area contributed by atoms with Gasteiger partial charge in [-0.3, -0.25) is 4.79 Å². The lowest BCUT2D eigenvalue weighted by atomic mass is 10.2. The number of esters is 1. The SMILES string of the molecule is N#CCCN(CCC#N)C(=O)COC(=O)c1cccc(Oc2ccccc2)c1. The molecule has 0 aliphatic carbocycles. The molecule has 2 aromatic carbocycles. The molecular weight excluding hydrogens is 358 g/mol. The molecule has 7 heteroatoms. The van der Waals surface area contributed by atoms with Gasteiger partial charge in [0, 0.05) is 13.1 Å². The Balaban J connectivity index is 1.94. The van der Waals surface area contributed by atoms with Gasteiger partial charge in [0.1, 0.15) is 11.5 Å². The molecule has 0 aromatic heterocycles. The van der Waals surface area contributed by atoms with Crippen LogP contribution in [0.25, 0.3) is 0 Å². The van der Waals surface area contributed by atoms with Gasteiger partial charge in [-0.25, -0.2) is 4.79 Å². The molecule has 28 heavy (non-hydrogen) atoms. The standard InChI is InChI=1S/C21H19N3O4/c22-11-5-13-24(14-6-12-23)20(25)16-27-21(26)17-7-4-10-19(15-17)28-18-8-2-1-3-9-18/h1-4,7-10,15H,5-6,13-14,16H2. The van der Waals surface area contributed by atoms with E-state index in [0.29, 0.717) is 11.5 Å². The van der Waals surface area contributed by atoms with Gasteiger partial charge in [0.2, 0.25) is 0 Å². The van der Waals surface area contributed by atoms with Crippen LogP contribution in [0.15, 0.2) is 54.6 Å². The number of hydrogen-bond acceptors (Lipinski definition) is 6. The number of carbonyl (C=O) groups excluding carboxylic acids is 2. The van der Waals surface area contributed by atoms with Gasteiger partial charge >= 0.3 is 5.97 Å². The van der Waals surface area contributed by atoms with Crippen molar-refractivity contribution in [1.29, 1.82) is 10.5 Å². The van der Waals surface area contributed by atoms with Gasteiger partial charge < -0.3 is 14.4 Å². The first-order chi connectivity index (χ1) is 13.6. The predicted octanol–water partition coefficient (Wildman–Crippen LogP) is 3.29. The van der Waals surface area contributed by atoms with Crippen molar-refractivity contribution in [2.24, 2.45) is 0 Å². The smallest absolute Gasteiger partial charge is 0.338 e. The minimum atomic E-state index is -0.660. The van der Waals surface area contributed by atoms with Crippen LogP contribution in [0.1, 0.15) is 23.2 Å². The fraction of sp³-hybridized carbons (Fsp3) is 0.238. The monoisotopic (exact) mass is 377 g/mol. The molecule has 0 saturated heterocycles. The molecule has 0 bridgehead atoms. The number of benzene rings is 2. The largest absolute Gasteiger partial charge is 0.457 e. The molecule has 0 aliphatic heterocycles. The van der Waals surface area contributed by atoms with E-state index in [4.69, 9.17) is 20.0 Å². The third-order valence-electron chi connectivity index (χ3n) is 3.72. The van der Waals surface area contributed by atoms with Crippen molar-refractivity contribution < 1.29 is 19.1 Å². The van der Waals surface area contributed by atoms with Crippen molar-refractivity contribution >= 4 is 11.9 Å². The van der Waals surface area contributed by atoms with E-state index in [1.54, 1.807) is 30.3 Å². The van der Waals surface area contributed by atoms with Crippen molar-refractivity contribution in [3.05, 3.63) is 60.2 Å². The normalized spacial score (nSPS) is 9.64. The van der Waals surface area contributed by atoms with Crippen molar-refractivity contribution in [2.75, 3.05) is 19.7 Å². The van der Waals surface area contributed by atoms with Gasteiger partial charge in [-0.15, -0.1) is 0 Å². The quantitative estimate of drug-likeness (QED) is 0.621. The number of ether oxygens (including phenoxy) is 2. The van der Waals surface area contributed by atoms with Crippen molar-refractivity contribution in [1.82, 2.24) is 4.90 Å². The summed E-state index contributed by atoms with van der Waals surface area (Å²) in [6.07, 6.45) is 0.286. The summed E-state index contributed by atoms with van der Waals surface area (Å²) in [5, 5.41) is 17.3. The van der Waals surface area contributed by atoms with Gasteiger partial charge in [-0.1, -0.05) is 24.3 Å². The highest BCUT2D eigenvalue weighted by molar-refractivity contribution is 5.91. The van der Waals surface area contributed by atoms with Crippen molar-refractivity contribution in [3.63, 3.8) is 0 Å². The van der Waals surface area contributed by atoms with E-state index < -0.39 is 18.5 Å². The Morgan fingerprint density at radius 1 is 0.893 bits per heavy atom. The topological polar surface area (TPSA) is 103 Å². The van der Waals surface area contributed by atoms with E-state index in [9.17, 15) is 9.59 Å². The average Bonchev–Trinajstić information content (AvgIpc) is 2.73. The Morgan fingerprint density at radius 3 is 2.18 bits per heavy atom. The Bertz CT molecular complexity index is 867. The van der Waals surface area contributed by atoms with Crippen molar-refractivity contribution in [2.45, 2.75) is 12.8 Å². The summed E-state index contributed by atoms with van der Waals surface area (Å²) in [7, 11) is 0. The van der Waals surface area contributed by atoms with E-state index in [2.05, 4.69) is 0 Å². The van der Waals surface area contributed by atoms with E-state index >= 15 is 0 Å². The minimum absolute atomic E-state index is 0.143. The molecule has 0 atom stereocenters. The maximum absolute atomic E-state index is 12.3. The van der Waals surface area contributed by atoms with E-state index in [0.717, 1.165) is 0 Å². The summed E-state index contributed by atoms with van der Waals surface area (Å²) in [6.45, 7) is -0.0800. The van der Waals surface area contributed by atoms with Crippen LogP contribution in [-0.2, 0) is 9.53 Å². The molecule has 0 spiro atoms. The number of nitriles is 2. The van der Waals surface area contributed by atoms with Crippen LogP contribution in [-0.4, -0.2) is 36.5 Å². The summed E-state index contributed by atoms with van der Waals surface area (Å²) in [5.74, 6) is -0.00613. The van der Waals surface area contributed by atoms with Gasteiger partial charge in [-0.2, -0.15) is 10.5 Å². The third-order valence-corrected chi connectivity index (χ3v) is 3.72. The van der Waals surface area contributed by atoms with E-state index in [-0.39, 0.29) is 31.5 Å². The molecular formula is C21H19N3O4. The van der Waals surface area contributed by atoms with Gasteiger partial charge in [0.05, 0.1) is 30.5 Å². The van der Waals surface area contributed by atoms with Crippen LogP contribution in [0.5, 0.6) is 11.5 Å². The highest BCUT2D eigenvalue weighted by Crippen LogP contribution is 2.22. The molecule has 0 radical (unpaired) electrons. The maximum atomic E-state index is 12.3. The van der Waals surface area contributed by atoms with Gasteiger partial charge in [-0.05, 0) is 30.3 Å². The molecule has 7 nitrogen and oxygen atoms in total. The maximum Gasteiger partial charge on any atom is 0.338 e. The fourth-order valence-electron chi connectivity index (χ4n) is 2.34. The molecule has 0 fully saturated rings. The lowest BCUT2D eigenvalue weighted by Crippen LogP contribution is -2.36. The highest BCUT2D eigenvalue weighted by Gasteiger charge is 2.16. The number of carbonyl (C=O) groups is 2. The summed E-state index contributed by atoms with van der Waals surface area (Å²) in [4.78, 5) is 25.8. The van der Waals surface area contributed by atoms with Crippen LogP contribution in [0, 0.1) is 22.7 Å². The van der Waals surface area contributed by atoms with Crippen molar-refractivity contribution in [3.8, 4) is 23.6 Å². The summed E-state index contributed by atoms with van der Waals surface area (Å²) in [5.41, 5.74) is 0.252. The minimum Gasteiger partial charge on any atom is -0.457 e. The molecule has 0 unspecified atom stereocenters. The van der Waals surface area contributed by atoms with E-state index in [1.807, 2.05) is 30.3 Å². The van der Waals surface area contributed by atoms with Crippen LogP contribution in [0.2, 0.25) is 0 Å². The Hall–Kier alpha value is -3.84. The third kappa shape index (κ3) is 6.47. The first kappa shape index (κ1) is 20.5. The molecule has 2 aromatic rings. The Kier molecular flexibility index (Phi) is 8.04. The summed E-state index contributed by atoms with van der Waals surface area (Å²) in [6, 6.07) is 19.5. The summed E-state index contributed by atoms with van der Waals surface area (Å²) < 4.78 is 10.8. The molecule has 0 saturated carbocycles. The zero-order valence-electron chi connectivity index (χ0n) is 15.2. The van der Waals surface area contributed by atoms with Gasteiger partial charge in [0.25, 0.3) is 5.91 Å². The van der Waals surface area contributed by atoms with Crippen LogP contribution in [0.3, 0.4) is 0 Å². The lowest BCUT2D eigenvalue weighted by Gasteiger charge is -2.20. The number of amides is 1. The number of para-hydroxylation sites is 1. The second-order valence-corrected chi connectivity index (χ2v) is 5.72. The molecule has 2 rings (SSSR count). The van der Waals surface area contributed by atoms with Crippen LogP contribution < -0.4 is 4.74 Å². The molecule has 0 aliphatic rings. The number of rotatable bonds is 9. The summed E-state index contributed by atoms with van der Waals surface area (Å²) >= 11 is 0.